The molecule has 1 N–H and O–H groups in total. The van der Waals surface area contributed by atoms with Crippen LogP contribution in [0.5, 0.6) is 0 Å². The minimum absolute atomic E-state index is 0.0397. The zero-order valence-corrected chi connectivity index (χ0v) is 15.1. The third kappa shape index (κ3) is 6.11. The zero-order valence-electron chi connectivity index (χ0n) is 14.4. The van der Waals surface area contributed by atoms with Gasteiger partial charge in [-0.15, -0.1) is 0 Å². The van der Waals surface area contributed by atoms with E-state index in [1.54, 1.807) is 12.1 Å². The fourth-order valence-corrected chi connectivity index (χ4v) is 2.92. The van der Waals surface area contributed by atoms with E-state index in [1.165, 1.54) is 0 Å². The number of ketones is 2. The Hall–Kier alpha value is -1.97. The first kappa shape index (κ1) is 19.4. The maximum absolute atomic E-state index is 12.3. The number of benzene rings is 2. The van der Waals surface area contributed by atoms with Gasteiger partial charge in [-0.1, -0.05) is 54.9 Å². The van der Waals surface area contributed by atoms with Crippen LogP contribution in [-0.4, -0.2) is 23.3 Å². The topological polar surface area (TPSA) is 54.4 Å². The zero-order chi connectivity index (χ0) is 18.2. The number of Topliss-reactive ketones (excluding diaryl/α,β-unsaturated/α-hetero) is 2. The van der Waals surface area contributed by atoms with E-state index >= 15 is 0 Å². The lowest BCUT2D eigenvalue weighted by Gasteiger charge is -2.14. The average Bonchev–Trinajstić information content (AvgIpc) is 2.63. The molecule has 0 spiro atoms. The Morgan fingerprint density at radius 2 is 1.60 bits per heavy atom. The molecular weight excluding hydrogens is 336 g/mol. The van der Waals surface area contributed by atoms with Crippen LogP contribution in [0.3, 0.4) is 0 Å². The lowest BCUT2D eigenvalue weighted by Crippen LogP contribution is -2.16. The second kappa shape index (κ2) is 9.50. The van der Waals surface area contributed by atoms with Gasteiger partial charge >= 0.3 is 0 Å². The van der Waals surface area contributed by atoms with Crippen LogP contribution in [0.2, 0.25) is 5.02 Å². The third-order valence-electron chi connectivity index (χ3n) is 4.21. The van der Waals surface area contributed by atoms with Gasteiger partial charge in [0, 0.05) is 36.5 Å². The van der Waals surface area contributed by atoms with Crippen molar-refractivity contribution in [2.75, 3.05) is 6.61 Å². The molecule has 3 nitrogen and oxygen atoms in total. The highest BCUT2D eigenvalue weighted by atomic mass is 35.5. The molecule has 1 unspecified atom stereocenters. The van der Waals surface area contributed by atoms with Crippen molar-refractivity contribution in [2.24, 2.45) is 5.92 Å². The van der Waals surface area contributed by atoms with Crippen molar-refractivity contribution < 1.29 is 14.7 Å². The molecule has 0 saturated carbocycles. The van der Waals surface area contributed by atoms with Crippen molar-refractivity contribution >= 4 is 23.2 Å². The van der Waals surface area contributed by atoms with E-state index in [0.29, 0.717) is 36.3 Å². The second-order valence-corrected chi connectivity index (χ2v) is 6.71. The van der Waals surface area contributed by atoms with Crippen LogP contribution in [0.25, 0.3) is 0 Å². The average molecular weight is 359 g/mol. The molecule has 0 fully saturated rings. The molecule has 0 aliphatic carbocycles. The number of carbonyl (C=O) groups is 2. The first-order valence-corrected chi connectivity index (χ1v) is 8.88. The summed E-state index contributed by atoms with van der Waals surface area (Å²) in [6, 6.07) is 14.6. The number of halogens is 1. The van der Waals surface area contributed by atoms with Crippen molar-refractivity contribution in [3.63, 3.8) is 0 Å². The highest BCUT2D eigenvalue weighted by Gasteiger charge is 2.15. The van der Waals surface area contributed by atoms with Gasteiger partial charge in [0.05, 0.1) is 0 Å². The predicted octanol–water partition coefficient (Wildman–Crippen LogP) is 4.29. The third-order valence-corrected chi connectivity index (χ3v) is 4.46. The Bertz CT molecular complexity index is 705. The number of aliphatic hydroxyl groups excluding tert-OH is 1. The summed E-state index contributed by atoms with van der Waals surface area (Å²) in [5.41, 5.74) is 2.64. The highest BCUT2D eigenvalue weighted by molar-refractivity contribution is 6.30. The molecule has 2 aromatic carbocycles. The number of rotatable bonds is 9. The molecule has 4 heteroatoms. The second-order valence-electron chi connectivity index (χ2n) is 6.27. The predicted molar refractivity (Wildman–Crippen MR) is 100 cm³/mol. The molecule has 0 bridgehead atoms. The van der Waals surface area contributed by atoms with Crippen molar-refractivity contribution in [3.8, 4) is 0 Å². The maximum Gasteiger partial charge on any atom is 0.162 e. The quantitative estimate of drug-likeness (QED) is 0.680. The van der Waals surface area contributed by atoms with E-state index in [-0.39, 0.29) is 24.1 Å². The summed E-state index contributed by atoms with van der Waals surface area (Å²) in [4.78, 5) is 23.9. The summed E-state index contributed by atoms with van der Waals surface area (Å²) in [7, 11) is 0. The smallest absolute Gasteiger partial charge is 0.162 e. The standard InChI is InChI=1S/C21H23ClO3/c1-2-21(25)18-7-3-15(4-8-18)11-17(14-23)13-20(24)12-16-5-9-19(22)10-6-16/h3-10,17,23H,2,11-14H2,1H3. The van der Waals surface area contributed by atoms with Gasteiger partial charge in [-0.05, 0) is 35.6 Å². The Kier molecular flexibility index (Phi) is 7.35. The van der Waals surface area contributed by atoms with Crippen LogP contribution in [-0.2, 0) is 17.6 Å². The van der Waals surface area contributed by atoms with Gasteiger partial charge in [0.1, 0.15) is 5.78 Å². The number of hydrogen-bond donors (Lipinski definition) is 1. The normalized spacial score (nSPS) is 12.0. The van der Waals surface area contributed by atoms with Gasteiger partial charge in [0.15, 0.2) is 5.78 Å². The monoisotopic (exact) mass is 358 g/mol. The minimum atomic E-state index is -0.118. The van der Waals surface area contributed by atoms with Crippen LogP contribution in [0, 0.1) is 5.92 Å². The molecule has 0 radical (unpaired) electrons. The van der Waals surface area contributed by atoms with E-state index in [0.717, 1.165) is 11.1 Å². The van der Waals surface area contributed by atoms with Crippen molar-refractivity contribution in [3.05, 3.63) is 70.2 Å². The molecule has 25 heavy (non-hydrogen) atoms. The van der Waals surface area contributed by atoms with E-state index in [9.17, 15) is 14.7 Å². The summed E-state index contributed by atoms with van der Waals surface area (Å²) in [5.74, 6) is 0.0927. The summed E-state index contributed by atoms with van der Waals surface area (Å²) in [6.07, 6.45) is 1.77. The van der Waals surface area contributed by atoms with E-state index in [1.807, 2.05) is 43.3 Å². The number of aliphatic hydroxyl groups is 1. The van der Waals surface area contributed by atoms with Gasteiger partial charge in [-0.3, -0.25) is 9.59 Å². The first-order valence-electron chi connectivity index (χ1n) is 8.51. The fourth-order valence-electron chi connectivity index (χ4n) is 2.79. The summed E-state index contributed by atoms with van der Waals surface area (Å²) in [6.45, 7) is 1.80. The molecule has 0 amide bonds. The summed E-state index contributed by atoms with van der Waals surface area (Å²) in [5, 5.41) is 10.2. The van der Waals surface area contributed by atoms with Crippen LogP contribution in [0.4, 0.5) is 0 Å². The molecule has 132 valence electrons. The van der Waals surface area contributed by atoms with E-state index < -0.39 is 0 Å². The Morgan fingerprint density at radius 3 is 2.16 bits per heavy atom. The Morgan fingerprint density at radius 1 is 1.00 bits per heavy atom. The SMILES string of the molecule is CCC(=O)c1ccc(CC(CO)CC(=O)Cc2ccc(Cl)cc2)cc1. The number of carbonyl (C=O) groups excluding carboxylic acids is 2. The van der Waals surface area contributed by atoms with Crippen LogP contribution in [0.1, 0.15) is 41.3 Å². The lowest BCUT2D eigenvalue weighted by atomic mass is 9.92. The molecule has 0 aromatic heterocycles. The summed E-state index contributed by atoms with van der Waals surface area (Å²) < 4.78 is 0. The van der Waals surface area contributed by atoms with Crippen molar-refractivity contribution in [2.45, 2.75) is 32.6 Å². The maximum atomic E-state index is 12.3. The van der Waals surface area contributed by atoms with Gasteiger partial charge in [0.25, 0.3) is 0 Å². The lowest BCUT2D eigenvalue weighted by molar-refractivity contribution is -0.119. The molecule has 0 aliphatic heterocycles. The molecule has 1 atom stereocenters. The largest absolute Gasteiger partial charge is 0.396 e. The van der Waals surface area contributed by atoms with Crippen LogP contribution >= 0.6 is 11.6 Å². The summed E-state index contributed by atoms with van der Waals surface area (Å²) >= 11 is 5.85. The molecule has 2 rings (SSSR count). The molecular formula is C21H23ClO3. The van der Waals surface area contributed by atoms with Crippen molar-refractivity contribution in [1.29, 1.82) is 0 Å². The van der Waals surface area contributed by atoms with Gasteiger partial charge < -0.3 is 5.11 Å². The van der Waals surface area contributed by atoms with Crippen LogP contribution < -0.4 is 0 Å². The van der Waals surface area contributed by atoms with E-state index in [4.69, 9.17) is 11.6 Å². The number of hydrogen-bond acceptors (Lipinski definition) is 3. The van der Waals surface area contributed by atoms with Gasteiger partial charge in [0.2, 0.25) is 0 Å². The molecule has 0 heterocycles. The van der Waals surface area contributed by atoms with Crippen molar-refractivity contribution in [1.82, 2.24) is 0 Å². The highest BCUT2D eigenvalue weighted by Crippen LogP contribution is 2.16. The van der Waals surface area contributed by atoms with Gasteiger partial charge in [-0.25, -0.2) is 0 Å². The fraction of sp³-hybridized carbons (Fsp3) is 0.333. The first-order chi connectivity index (χ1) is 12.0. The minimum Gasteiger partial charge on any atom is -0.396 e. The van der Waals surface area contributed by atoms with Crippen LogP contribution in [0.15, 0.2) is 48.5 Å². The Balaban J connectivity index is 1.92. The Labute approximate surface area is 153 Å². The molecule has 0 saturated heterocycles. The molecule has 2 aromatic rings. The van der Waals surface area contributed by atoms with E-state index in [2.05, 4.69) is 0 Å². The molecule has 0 aliphatic rings. The van der Waals surface area contributed by atoms with Gasteiger partial charge in [-0.2, -0.15) is 0 Å².